The lowest BCUT2D eigenvalue weighted by atomic mass is 9.69. The third-order valence-corrected chi connectivity index (χ3v) is 4.52. The van der Waals surface area contributed by atoms with Crippen LogP contribution in [-0.2, 0) is 5.41 Å². The largest absolute Gasteiger partial charge is 0.495 e. The topological polar surface area (TPSA) is 48.1 Å². The van der Waals surface area contributed by atoms with E-state index in [1.807, 2.05) is 18.2 Å². The fraction of sp³-hybridized carbons (Fsp3) is 0.389. The molecular formula is C18H24N2O. The minimum absolute atomic E-state index is 0.136. The number of methoxy groups -OCH3 is 1. The van der Waals surface area contributed by atoms with E-state index < -0.39 is 0 Å². The van der Waals surface area contributed by atoms with Crippen molar-refractivity contribution >= 4 is 0 Å². The molecule has 1 aromatic carbocycles. The van der Waals surface area contributed by atoms with Crippen LogP contribution in [0.15, 0.2) is 48.7 Å². The summed E-state index contributed by atoms with van der Waals surface area (Å²) in [4.78, 5) is 4.49. The Kier molecular flexibility index (Phi) is 4.97. The highest BCUT2D eigenvalue weighted by atomic mass is 16.5. The molecule has 2 aromatic rings. The maximum absolute atomic E-state index is 6.66. The first-order chi connectivity index (χ1) is 10.2. The highest BCUT2D eigenvalue weighted by molar-refractivity contribution is 5.36. The first-order valence-electron chi connectivity index (χ1n) is 7.49. The van der Waals surface area contributed by atoms with Crippen molar-refractivity contribution in [2.24, 2.45) is 5.73 Å². The van der Waals surface area contributed by atoms with Crippen LogP contribution in [0, 0.1) is 0 Å². The van der Waals surface area contributed by atoms with E-state index in [0.717, 1.165) is 24.3 Å². The molecule has 0 bridgehead atoms. The smallest absolute Gasteiger partial charge is 0.142 e. The van der Waals surface area contributed by atoms with E-state index >= 15 is 0 Å². The summed E-state index contributed by atoms with van der Waals surface area (Å²) >= 11 is 0. The summed E-state index contributed by atoms with van der Waals surface area (Å²) in [5.41, 5.74) is 8.61. The summed E-state index contributed by atoms with van der Waals surface area (Å²) in [6.07, 6.45) is 3.68. The quantitative estimate of drug-likeness (QED) is 0.876. The number of hydrogen-bond acceptors (Lipinski definition) is 3. The molecule has 1 aromatic heterocycles. The number of nitrogens with two attached hydrogens (primary N) is 1. The Morgan fingerprint density at radius 1 is 1.10 bits per heavy atom. The second-order valence-electron chi connectivity index (χ2n) is 5.30. The third kappa shape index (κ3) is 2.79. The maximum Gasteiger partial charge on any atom is 0.142 e. The standard InChI is InChI=1S/C18H24N2O/c1-4-18(5-2,14-10-7-6-8-11-14)17(19)16-15(21-3)12-9-13-20-16/h6-13,17H,4-5,19H2,1-3H3. The van der Waals surface area contributed by atoms with Gasteiger partial charge in [0.25, 0.3) is 0 Å². The number of hydrogen-bond donors (Lipinski definition) is 1. The van der Waals surface area contributed by atoms with Gasteiger partial charge in [0.2, 0.25) is 0 Å². The van der Waals surface area contributed by atoms with Crippen molar-refractivity contribution in [3.8, 4) is 5.75 Å². The molecule has 3 nitrogen and oxygen atoms in total. The Bertz CT molecular complexity index is 564. The van der Waals surface area contributed by atoms with Crippen molar-refractivity contribution in [1.29, 1.82) is 0 Å². The average Bonchev–Trinajstić information content (AvgIpc) is 2.57. The van der Waals surface area contributed by atoms with Gasteiger partial charge in [-0.3, -0.25) is 4.98 Å². The van der Waals surface area contributed by atoms with E-state index in [4.69, 9.17) is 10.5 Å². The van der Waals surface area contributed by atoms with Crippen molar-refractivity contribution in [3.05, 3.63) is 59.9 Å². The Morgan fingerprint density at radius 2 is 1.76 bits per heavy atom. The summed E-state index contributed by atoms with van der Waals surface area (Å²) < 4.78 is 5.44. The van der Waals surface area contributed by atoms with Gasteiger partial charge in [-0.2, -0.15) is 0 Å². The SMILES string of the molecule is CCC(CC)(c1ccccc1)C(N)c1ncccc1OC. The van der Waals surface area contributed by atoms with E-state index in [1.165, 1.54) is 5.56 Å². The molecule has 112 valence electrons. The van der Waals surface area contributed by atoms with E-state index in [1.54, 1.807) is 13.3 Å². The van der Waals surface area contributed by atoms with E-state index in [2.05, 4.69) is 43.1 Å². The van der Waals surface area contributed by atoms with Crippen molar-refractivity contribution < 1.29 is 4.74 Å². The highest BCUT2D eigenvalue weighted by Crippen LogP contribution is 2.43. The van der Waals surface area contributed by atoms with Gasteiger partial charge in [-0.05, 0) is 30.5 Å². The van der Waals surface area contributed by atoms with Crippen LogP contribution >= 0.6 is 0 Å². The number of ether oxygens (including phenoxy) is 1. The van der Waals surface area contributed by atoms with Gasteiger partial charge in [0.05, 0.1) is 18.8 Å². The normalized spacial score (nSPS) is 13.0. The van der Waals surface area contributed by atoms with Gasteiger partial charge in [0, 0.05) is 11.6 Å². The predicted octanol–water partition coefficient (Wildman–Crippen LogP) is 3.85. The molecule has 0 radical (unpaired) electrons. The molecule has 1 atom stereocenters. The van der Waals surface area contributed by atoms with Crippen LogP contribution in [0.2, 0.25) is 0 Å². The Hall–Kier alpha value is -1.87. The Morgan fingerprint density at radius 3 is 2.33 bits per heavy atom. The lowest BCUT2D eigenvalue weighted by Gasteiger charge is -2.38. The zero-order valence-corrected chi connectivity index (χ0v) is 13.0. The summed E-state index contributed by atoms with van der Waals surface area (Å²) in [5, 5.41) is 0. The van der Waals surface area contributed by atoms with Gasteiger partial charge < -0.3 is 10.5 Å². The van der Waals surface area contributed by atoms with E-state index in [9.17, 15) is 0 Å². The summed E-state index contributed by atoms with van der Waals surface area (Å²) in [5.74, 6) is 0.757. The van der Waals surface area contributed by atoms with Crippen molar-refractivity contribution in [3.63, 3.8) is 0 Å². The summed E-state index contributed by atoms with van der Waals surface area (Å²) in [6, 6.07) is 14.1. The number of pyridine rings is 1. The second-order valence-corrected chi connectivity index (χ2v) is 5.30. The molecule has 0 aliphatic carbocycles. The summed E-state index contributed by atoms with van der Waals surface area (Å²) in [6.45, 7) is 4.37. The van der Waals surface area contributed by atoms with Crippen molar-refractivity contribution in [1.82, 2.24) is 4.98 Å². The molecule has 1 unspecified atom stereocenters. The van der Waals surface area contributed by atoms with Crippen LogP contribution in [0.25, 0.3) is 0 Å². The molecule has 0 saturated heterocycles. The van der Waals surface area contributed by atoms with E-state index in [0.29, 0.717) is 0 Å². The minimum atomic E-state index is -0.203. The first-order valence-corrected chi connectivity index (χ1v) is 7.49. The van der Waals surface area contributed by atoms with Gasteiger partial charge in [-0.15, -0.1) is 0 Å². The highest BCUT2D eigenvalue weighted by Gasteiger charge is 2.38. The van der Waals surface area contributed by atoms with Crippen LogP contribution in [0.3, 0.4) is 0 Å². The molecule has 0 aliphatic heterocycles. The van der Waals surface area contributed by atoms with E-state index in [-0.39, 0.29) is 11.5 Å². The number of benzene rings is 1. The van der Waals surface area contributed by atoms with Crippen LogP contribution in [0.4, 0.5) is 0 Å². The molecule has 0 fully saturated rings. The zero-order valence-electron chi connectivity index (χ0n) is 13.0. The Labute approximate surface area is 127 Å². The summed E-state index contributed by atoms with van der Waals surface area (Å²) in [7, 11) is 1.66. The Balaban J connectivity index is 2.52. The third-order valence-electron chi connectivity index (χ3n) is 4.52. The zero-order chi connectivity index (χ0) is 15.3. The molecule has 21 heavy (non-hydrogen) atoms. The average molecular weight is 284 g/mol. The van der Waals surface area contributed by atoms with Crippen LogP contribution in [-0.4, -0.2) is 12.1 Å². The van der Waals surface area contributed by atoms with Gasteiger partial charge in [0.1, 0.15) is 5.75 Å². The molecule has 0 aliphatic rings. The molecule has 0 saturated carbocycles. The predicted molar refractivity (Wildman–Crippen MR) is 86.4 cm³/mol. The maximum atomic E-state index is 6.66. The molecule has 2 N–H and O–H groups in total. The minimum Gasteiger partial charge on any atom is -0.495 e. The van der Waals surface area contributed by atoms with Crippen LogP contribution < -0.4 is 10.5 Å². The molecule has 3 heteroatoms. The van der Waals surface area contributed by atoms with Crippen LogP contribution in [0.5, 0.6) is 5.75 Å². The lowest BCUT2D eigenvalue weighted by Crippen LogP contribution is -2.38. The fourth-order valence-electron chi connectivity index (χ4n) is 3.12. The van der Waals surface area contributed by atoms with Crippen molar-refractivity contribution in [2.75, 3.05) is 7.11 Å². The lowest BCUT2D eigenvalue weighted by molar-refractivity contribution is 0.305. The second kappa shape index (κ2) is 6.72. The number of aromatic nitrogens is 1. The first kappa shape index (κ1) is 15.5. The van der Waals surface area contributed by atoms with Gasteiger partial charge in [-0.1, -0.05) is 44.2 Å². The molecule has 2 rings (SSSR count). The molecule has 1 heterocycles. The molecule has 0 spiro atoms. The van der Waals surface area contributed by atoms with Gasteiger partial charge >= 0.3 is 0 Å². The van der Waals surface area contributed by atoms with Crippen molar-refractivity contribution in [2.45, 2.75) is 38.1 Å². The van der Waals surface area contributed by atoms with Gasteiger partial charge in [-0.25, -0.2) is 0 Å². The van der Waals surface area contributed by atoms with Gasteiger partial charge in [0.15, 0.2) is 0 Å². The monoisotopic (exact) mass is 284 g/mol. The number of nitrogens with zero attached hydrogens (tertiary/aromatic N) is 1. The molecular weight excluding hydrogens is 260 g/mol. The molecule has 0 amide bonds. The fourth-order valence-corrected chi connectivity index (χ4v) is 3.12. The van der Waals surface area contributed by atoms with Crippen LogP contribution in [0.1, 0.15) is 44.0 Å². The number of rotatable bonds is 6.